The number of oxazole rings is 1. The molecule has 0 spiro atoms. The number of nitrogens with zero attached hydrogens (tertiary/aromatic N) is 1. The normalized spacial score (nSPS) is 18.2. The summed E-state index contributed by atoms with van der Waals surface area (Å²) >= 11 is 0. The highest BCUT2D eigenvalue weighted by Crippen LogP contribution is 2.20. The number of nitrogens with one attached hydrogen (secondary N) is 2. The maximum Gasteiger partial charge on any atom is 0.226 e. The molecule has 0 bridgehead atoms. The molecule has 1 aromatic heterocycles. The molecule has 3 rings (SSSR count). The lowest BCUT2D eigenvalue weighted by atomic mass is 10.2. The highest BCUT2D eigenvalue weighted by atomic mass is 16.5. The van der Waals surface area contributed by atoms with Crippen molar-refractivity contribution >= 4 is 22.7 Å². The summed E-state index contributed by atoms with van der Waals surface area (Å²) < 4.78 is 16.0. The molecule has 1 amide bonds. The van der Waals surface area contributed by atoms with Gasteiger partial charge in [0.05, 0.1) is 19.8 Å². The molecule has 7 heteroatoms. The number of amides is 1. The molecular weight excluding hydrogens is 298 g/mol. The molecule has 1 aliphatic rings. The average Bonchev–Trinajstić information content (AvgIpc) is 2.96. The van der Waals surface area contributed by atoms with Gasteiger partial charge in [-0.3, -0.25) is 4.79 Å². The van der Waals surface area contributed by atoms with Gasteiger partial charge in [-0.25, -0.2) is 4.98 Å². The maximum atomic E-state index is 12.1. The fraction of sp³-hybridized carbons (Fsp3) is 0.500. The molecule has 1 saturated heterocycles. The van der Waals surface area contributed by atoms with Crippen LogP contribution in [0.2, 0.25) is 0 Å². The minimum absolute atomic E-state index is 0.0459. The van der Waals surface area contributed by atoms with E-state index in [0.717, 1.165) is 12.1 Å². The van der Waals surface area contributed by atoms with Crippen molar-refractivity contribution in [2.75, 3.05) is 38.8 Å². The molecule has 2 aromatic rings. The predicted molar refractivity (Wildman–Crippen MR) is 85.4 cm³/mol. The summed E-state index contributed by atoms with van der Waals surface area (Å²) in [7, 11) is 1.64. The number of aromatic nitrogens is 1. The number of morpholine rings is 1. The number of methoxy groups -OCH3 is 1. The van der Waals surface area contributed by atoms with E-state index in [-0.39, 0.29) is 11.9 Å². The van der Waals surface area contributed by atoms with Gasteiger partial charge in [-0.05, 0) is 18.2 Å². The lowest BCUT2D eigenvalue weighted by Gasteiger charge is -2.23. The quantitative estimate of drug-likeness (QED) is 0.835. The Labute approximate surface area is 134 Å². The van der Waals surface area contributed by atoms with Gasteiger partial charge >= 0.3 is 0 Å². The lowest BCUT2D eigenvalue weighted by Crippen LogP contribution is -2.43. The van der Waals surface area contributed by atoms with Gasteiger partial charge < -0.3 is 24.5 Å². The fourth-order valence-electron chi connectivity index (χ4n) is 2.54. The smallest absolute Gasteiger partial charge is 0.226 e. The minimum Gasteiger partial charge on any atom is -0.441 e. The second-order valence-electron chi connectivity index (χ2n) is 5.51. The van der Waals surface area contributed by atoms with Crippen LogP contribution in [0.1, 0.15) is 12.3 Å². The van der Waals surface area contributed by atoms with Gasteiger partial charge in [-0.15, -0.1) is 0 Å². The van der Waals surface area contributed by atoms with Gasteiger partial charge in [0.2, 0.25) is 5.91 Å². The molecule has 1 aromatic carbocycles. The van der Waals surface area contributed by atoms with Crippen LogP contribution in [0.4, 0.5) is 5.69 Å². The molecule has 1 fully saturated rings. The summed E-state index contributed by atoms with van der Waals surface area (Å²) in [6.07, 6.45) is 1.01. The standard InChI is InChI=1S/C16H21N3O4/c1-21-6-4-16-19-13-8-11(2-3-14(13)23-16)18-15(20)9-12-10-22-7-5-17-12/h2-3,8,12,17H,4-7,9-10H2,1H3,(H,18,20). The highest BCUT2D eigenvalue weighted by molar-refractivity contribution is 5.93. The number of rotatable bonds is 6. The van der Waals surface area contributed by atoms with Crippen LogP contribution in [0.25, 0.3) is 11.1 Å². The van der Waals surface area contributed by atoms with E-state index < -0.39 is 0 Å². The highest BCUT2D eigenvalue weighted by Gasteiger charge is 2.17. The van der Waals surface area contributed by atoms with Crippen molar-refractivity contribution in [3.8, 4) is 0 Å². The first-order chi connectivity index (χ1) is 11.2. The van der Waals surface area contributed by atoms with Gasteiger partial charge in [0, 0.05) is 38.2 Å². The van der Waals surface area contributed by atoms with Crippen LogP contribution >= 0.6 is 0 Å². The number of hydrogen-bond donors (Lipinski definition) is 2. The third-order valence-electron chi connectivity index (χ3n) is 3.67. The fourth-order valence-corrected chi connectivity index (χ4v) is 2.54. The average molecular weight is 319 g/mol. The monoisotopic (exact) mass is 319 g/mol. The zero-order chi connectivity index (χ0) is 16.1. The van der Waals surface area contributed by atoms with Gasteiger partial charge in [0.15, 0.2) is 11.5 Å². The van der Waals surface area contributed by atoms with Crippen molar-refractivity contribution in [1.82, 2.24) is 10.3 Å². The van der Waals surface area contributed by atoms with E-state index in [0.29, 0.717) is 49.8 Å². The first kappa shape index (κ1) is 15.9. The van der Waals surface area contributed by atoms with Gasteiger partial charge in [-0.1, -0.05) is 0 Å². The largest absolute Gasteiger partial charge is 0.441 e. The lowest BCUT2D eigenvalue weighted by molar-refractivity contribution is -0.117. The van der Waals surface area contributed by atoms with E-state index in [1.807, 2.05) is 18.2 Å². The van der Waals surface area contributed by atoms with Gasteiger partial charge in [0.25, 0.3) is 0 Å². The minimum atomic E-state index is -0.0459. The van der Waals surface area contributed by atoms with Crippen LogP contribution in [0.3, 0.4) is 0 Å². The Kier molecular flexibility index (Phi) is 5.22. The summed E-state index contributed by atoms with van der Waals surface area (Å²) in [5.41, 5.74) is 2.15. The molecule has 7 nitrogen and oxygen atoms in total. The Morgan fingerprint density at radius 1 is 1.52 bits per heavy atom. The third kappa shape index (κ3) is 4.28. The van der Waals surface area contributed by atoms with Crippen molar-refractivity contribution in [3.05, 3.63) is 24.1 Å². The zero-order valence-electron chi connectivity index (χ0n) is 13.1. The summed E-state index contributed by atoms with van der Waals surface area (Å²) in [5.74, 6) is 0.587. The second-order valence-corrected chi connectivity index (χ2v) is 5.51. The zero-order valence-corrected chi connectivity index (χ0v) is 13.1. The molecule has 2 N–H and O–H groups in total. The molecule has 0 radical (unpaired) electrons. The van der Waals surface area contributed by atoms with Crippen molar-refractivity contribution in [1.29, 1.82) is 0 Å². The van der Waals surface area contributed by atoms with Crippen LogP contribution < -0.4 is 10.6 Å². The van der Waals surface area contributed by atoms with Gasteiger partial charge in [-0.2, -0.15) is 0 Å². The Morgan fingerprint density at radius 3 is 3.22 bits per heavy atom. The van der Waals surface area contributed by atoms with E-state index in [9.17, 15) is 4.79 Å². The number of carbonyl (C=O) groups excluding carboxylic acids is 1. The molecule has 1 atom stereocenters. The van der Waals surface area contributed by atoms with E-state index in [4.69, 9.17) is 13.9 Å². The van der Waals surface area contributed by atoms with Crippen LogP contribution in [0.5, 0.6) is 0 Å². The number of benzene rings is 1. The van der Waals surface area contributed by atoms with Crippen LogP contribution in [0, 0.1) is 0 Å². The Morgan fingerprint density at radius 2 is 2.43 bits per heavy atom. The number of carbonyl (C=O) groups is 1. The van der Waals surface area contributed by atoms with Crippen molar-refractivity contribution in [3.63, 3.8) is 0 Å². The van der Waals surface area contributed by atoms with E-state index in [1.54, 1.807) is 7.11 Å². The number of anilines is 1. The summed E-state index contributed by atoms with van der Waals surface area (Å²) in [4.78, 5) is 16.5. The van der Waals surface area contributed by atoms with Crippen molar-refractivity contribution in [2.24, 2.45) is 0 Å². The molecule has 124 valence electrons. The van der Waals surface area contributed by atoms with E-state index >= 15 is 0 Å². The van der Waals surface area contributed by atoms with Gasteiger partial charge in [0.1, 0.15) is 5.52 Å². The Hall–Kier alpha value is -1.96. The number of ether oxygens (including phenoxy) is 2. The number of fused-ring (bicyclic) bond motifs is 1. The van der Waals surface area contributed by atoms with Crippen LogP contribution in [0.15, 0.2) is 22.6 Å². The third-order valence-corrected chi connectivity index (χ3v) is 3.67. The summed E-state index contributed by atoms with van der Waals surface area (Å²) in [6, 6.07) is 5.52. The molecule has 2 heterocycles. The maximum absolute atomic E-state index is 12.1. The SMILES string of the molecule is COCCc1nc2cc(NC(=O)CC3COCCN3)ccc2o1. The Balaban J connectivity index is 1.61. The first-order valence-corrected chi connectivity index (χ1v) is 7.74. The number of hydrogen-bond acceptors (Lipinski definition) is 6. The van der Waals surface area contributed by atoms with Crippen LogP contribution in [-0.2, 0) is 20.7 Å². The molecule has 1 aliphatic heterocycles. The van der Waals surface area contributed by atoms with Crippen LogP contribution in [-0.4, -0.2) is 50.4 Å². The molecule has 1 unspecified atom stereocenters. The van der Waals surface area contributed by atoms with Crippen molar-refractivity contribution in [2.45, 2.75) is 18.9 Å². The topological polar surface area (TPSA) is 85.6 Å². The second kappa shape index (κ2) is 7.54. The molecular formula is C16H21N3O4. The Bertz CT molecular complexity index is 664. The van der Waals surface area contributed by atoms with E-state index in [1.165, 1.54) is 0 Å². The van der Waals surface area contributed by atoms with Crippen molar-refractivity contribution < 1.29 is 18.7 Å². The molecule has 0 aliphatic carbocycles. The first-order valence-electron chi connectivity index (χ1n) is 7.74. The summed E-state index contributed by atoms with van der Waals surface area (Å²) in [5, 5.41) is 6.16. The van der Waals surface area contributed by atoms with E-state index in [2.05, 4.69) is 15.6 Å². The summed E-state index contributed by atoms with van der Waals surface area (Å²) in [6.45, 7) is 2.62. The molecule has 0 saturated carbocycles. The predicted octanol–water partition coefficient (Wildman–Crippen LogP) is 1.33. The molecule has 23 heavy (non-hydrogen) atoms.